The maximum absolute atomic E-state index is 11.8. The molecule has 3 heteroatoms. The summed E-state index contributed by atoms with van der Waals surface area (Å²) in [6, 6.07) is 0. The minimum Gasteiger partial charge on any atom is -0.376 e. The molecule has 1 aliphatic carbocycles. The molecule has 2 fully saturated rings. The number of hydrogen-bond donors (Lipinski definition) is 0. The minimum atomic E-state index is 0.295. The fourth-order valence-electron chi connectivity index (χ4n) is 2.15. The Balaban J connectivity index is 1.75. The Bertz CT molecular complexity index is 207. The summed E-state index contributed by atoms with van der Waals surface area (Å²) in [7, 11) is 1.91. The van der Waals surface area contributed by atoms with Gasteiger partial charge in [-0.15, -0.1) is 0 Å². The number of nitrogens with zero attached hydrogens (tertiary/aromatic N) is 1. The molecule has 2 aliphatic rings. The lowest BCUT2D eigenvalue weighted by Crippen LogP contribution is -2.40. The highest BCUT2D eigenvalue weighted by Crippen LogP contribution is 2.28. The first-order valence-corrected chi connectivity index (χ1v) is 5.64. The fraction of sp³-hybridized carbons (Fsp3) is 0.909. The van der Waals surface area contributed by atoms with E-state index in [1.54, 1.807) is 0 Å². The van der Waals surface area contributed by atoms with Crippen molar-refractivity contribution in [3.05, 3.63) is 0 Å². The van der Waals surface area contributed by atoms with E-state index < -0.39 is 0 Å². The Morgan fingerprint density at radius 2 is 2.14 bits per heavy atom. The summed E-state index contributed by atoms with van der Waals surface area (Å²) in [6.45, 7) is 1.66. The largest absolute Gasteiger partial charge is 0.376 e. The number of carbonyl (C=O) groups is 1. The van der Waals surface area contributed by atoms with Gasteiger partial charge in [0, 0.05) is 26.1 Å². The zero-order chi connectivity index (χ0) is 9.97. The maximum atomic E-state index is 11.8. The lowest BCUT2D eigenvalue weighted by molar-refractivity contribution is -0.138. The molecule has 0 aromatic rings. The minimum absolute atomic E-state index is 0.295. The number of ether oxygens (including phenoxy) is 1. The summed E-state index contributed by atoms with van der Waals surface area (Å²) >= 11 is 0. The molecule has 1 atom stereocenters. The third-order valence-electron chi connectivity index (χ3n) is 3.33. The topological polar surface area (TPSA) is 29.5 Å². The first-order chi connectivity index (χ1) is 6.77. The van der Waals surface area contributed by atoms with E-state index in [9.17, 15) is 4.79 Å². The summed E-state index contributed by atoms with van der Waals surface area (Å²) < 4.78 is 5.51. The van der Waals surface area contributed by atoms with Crippen LogP contribution in [0.4, 0.5) is 0 Å². The molecule has 1 saturated heterocycles. The second kappa shape index (κ2) is 4.30. The van der Waals surface area contributed by atoms with E-state index in [0.717, 1.165) is 38.8 Å². The average Bonchev–Trinajstić information content (AvgIpc) is 2.53. The summed E-state index contributed by atoms with van der Waals surface area (Å²) in [5, 5.41) is 0. The molecule has 0 aromatic heterocycles. The van der Waals surface area contributed by atoms with Crippen molar-refractivity contribution in [1.82, 2.24) is 4.90 Å². The van der Waals surface area contributed by atoms with Crippen LogP contribution in [0, 0.1) is 5.92 Å². The molecule has 3 nitrogen and oxygen atoms in total. The maximum Gasteiger partial charge on any atom is 0.225 e. The Morgan fingerprint density at radius 1 is 1.36 bits per heavy atom. The van der Waals surface area contributed by atoms with Gasteiger partial charge in [-0.3, -0.25) is 4.79 Å². The number of carbonyl (C=O) groups excluding carboxylic acids is 1. The Kier molecular flexibility index (Phi) is 3.06. The average molecular weight is 197 g/mol. The molecule has 1 unspecified atom stereocenters. The predicted octanol–water partition coefficient (Wildman–Crippen LogP) is 1.42. The summed E-state index contributed by atoms with van der Waals surface area (Å²) in [5.74, 6) is 0.646. The van der Waals surface area contributed by atoms with Crippen LogP contribution in [0.5, 0.6) is 0 Å². The fourth-order valence-corrected chi connectivity index (χ4v) is 2.15. The molecule has 2 rings (SSSR count). The Labute approximate surface area is 85.4 Å². The first-order valence-electron chi connectivity index (χ1n) is 5.64. The third-order valence-corrected chi connectivity index (χ3v) is 3.33. The van der Waals surface area contributed by atoms with Crippen LogP contribution < -0.4 is 0 Å². The molecule has 1 heterocycles. The van der Waals surface area contributed by atoms with E-state index in [4.69, 9.17) is 4.74 Å². The SMILES string of the molecule is CN(CC1CCCO1)C(=O)C1CCC1. The van der Waals surface area contributed by atoms with Crippen molar-refractivity contribution in [2.45, 2.75) is 38.2 Å². The molecule has 0 radical (unpaired) electrons. The lowest BCUT2D eigenvalue weighted by Gasteiger charge is -2.30. The van der Waals surface area contributed by atoms with Crippen molar-refractivity contribution in [3.8, 4) is 0 Å². The standard InChI is InChI=1S/C11H19NO2/c1-12(8-10-6-3-7-14-10)11(13)9-4-2-5-9/h9-10H,2-8H2,1H3. The molecule has 1 saturated carbocycles. The zero-order valence-corrected chi connectivity index (χ0v) is 8.87. The van der Waals surface area contributed by atoms with Crippen LogP contribution in [0.3, 0.4) is 0 Å². The van der Waals surface area contributed by atoms with Gasteiger partial charge in [0.2, 0.25) is 5.91 Å². The van der Waals surface area contributed by atoms with Crippen molar-refractivity contribution >= 4 is 5.91 Å². The molecular formula is C11H19NO2. The van der Waals surface area contributed by atoms with Crippen molar-refractivity contribution in [1.29, 1.82) is 0 Å². The van der Waals surface area contributed by atoms with E-state index in [1.807, 2.05) is 11.9 Å². The highest BCUT2D eigenvalue weighted by atomic mass is 16.5. The number of hydrogen-bond acceptors (Lipinski definition) is 2. The molecule has 0 bridgehead atoms. The van der Waals surface area contributed by atoms with Crippen molar-refractivity contribution < 1.29 is 9.53 Å². The van der Waals surface area contributed by atoms with Gasteiger partial charge in [0.15, 0.2) is 0 Å². The lowest BCUT2D eigenvalue weighted by atomic mass is 9.84. The second-order valence-electron chi connectivity index (χ2n) is 4.48. The normalized spacial score (nSPS) is 27.4. The van der Waals surface area contributed by atoms with Gasteiger partial charge in [0.1, 0.15) is 0 Å². The number of amides is 1. The third kappa shape index (κ3) is 2.08. The van der Waals surface area contributed by atoms with E-state index in [0.29, 0.717) is 17.9 Å². The van der Waals surface area contributed by atoms with Gasteiger partial charge in [-0.1, -0.05) is 6.42 Å². The van der Waals surface area contributed by atoms with E-state index in [1.165, 1.54) is 6.42 Å². The van der Waals surface area contributed by atoms with Gasteiger partial charge < -0.3 is 9.64 Å². The van der Waals surface area contributed by atoms with Gasteiger partial charge in [-0.2, -0.15) is 0 Å². The van der Waals surface area contributed by atoms with Gasteiger partial charge in [-0.05, 0) is 25.7 Å². The van der Waals surface area contributed by atoms with Crippen LogP contribution in [0.25, 0.3) is 0 Å². The zero-order valence-electron chi connectivity index (χ0n) is 8.87. The van der Waals surface area contributed by atoms with Gasteiger partial charge in [-0.25, -0.2) is 0 Å². The molecule has 0 spiro atoms. The smallest absolute Gasteiger partial charge is 0.225 e. The van der Waals surface area contributed by atoms with Crippen molar-refractivity contribution in [2.24, 2.45) is 5.92 Å². The van der Waals surface area contributed by atoms with Crippen molar-refractivity contribution in [2.75, 3.05) is 20.2 Å². The van der Waals surface area contributed by atoms with Crippen LogP contribution in [0.15, 0.2) is 0 Å². The summed E-state index contributed by atoms with van der Waals surface area (Å²) in [4.78, 5) is 13.6. The monoisotopic (exact) mass is 197 g/mol. The van der Waals surface area contributed by atoms with Gasteiger partial charge in [0.05, 0.1) is 6.10 Å². The molecule has 1 amide bonds. The highest BCUT2D eigenvalue weighted by Gasteiger charge is 2.29. The Morgan fingerprint density at radius 3 is 2.64 bits per heavy atom. The van der Waals surface area contributed by atoms with E-state index in [-0.39, 0.29) is 0 Å². The molecule has 14 heavy (non-hydrogen) atoms. The van der Waals surface area contributed by atoms with Crippen LogP contribution in [0.2, 0.25) is 0 Å². The quantitative estimate of drug-likeness (QED) is 0.685. The van der Waals surface area contributed by atoms with Crippen LogP contribution in [-0.2, 0) is 9.53 Å². The van der Waals surface area contributed by atoms with Gasteiger partial charge >= 0.3 is 0 Å². The molecule has 0 aromatic carbocycles. The first kappa shape index (κ1) is 9.97. The molecule has 1 aliphatic heterocycles. The molecule has 80 valence electrons. The predicted molar refractivity (Wildman–Crippen MR) is 54.0 cm³/mol. The highest BCUT2D eigenvalue weighted by molar-refractivity contribution is 5.79. The van der Waals surface area contributed by atoms with E-state index >= 15 is 0 Å². The second-order valence-corrected chi connectivity index (χ2v) is 4.48. The molecular weight excluding hydrogens is 178 g/mol. The Hall–Kier alpha value is -0.570. The summed E-state index contributed by atoms with van der Waals surface area (Å²) in [6.07, 6.45) is 5.97. The summed E-state index contributed by atoms with van der Waals surface area (Å²) in [5.41, 5.74) is 0. The van der Waals surface area contributed by atoms with Gasteiger partial charge in [0.25, 0.3) is 0 Å². The number of likely N-dealkylation sites (N-methyl/N-ethyl adjacent to an activating group) is 1. The van der Waals surface area contributed by atoms with Crippen LogP contribution >= 0.6 is 0 Å². The number of rotatable bonds is 3. The van der Waals surface area contributed by atoms with Crippen LogP contribution in [0.1, 0.15) is 32.1 Å². The van der Waals surface area contributed by atoms with E-state index in [2.05, 4.69) is 0 Å². The molecule has 0 N–H and O–H groups in total. The van der Waals surface area contributed by atoms with Crippen LogP contribution in [-0.4, -0.2) is 37.1 Å². The van der Waals surface area contributed by atoms with Crippen molar-refractivity contribution in [3.63, 3.8) is 0 Å².